The standard InChI is InChI=1S/C13H16F3N3O10S/c1-5(20)25-4-8-10(26-6(2)21)11(27-7(3)22)9(18-19-17)12(28-8)29-30(23,24)13(14,15)16/h8-12H,4H2,1-3H3/t8-,9-,10-,11-,12-/m1/s1. The second-order valence-electron chi connectivity index (χ2n) is 5.69. The van der Waals surface area contributed by atoms with Crippen LogP contribution >= 0.6 is 0 Å². The number of azide groups is 1. The van der Waals surface area contributed by atoms with Gasteiger partial charge in [0.15, 0.2) is 18.5 Å². The molecule has 17 heteroatoms. The van der Waals surface area contributed by atoms with Crippen molar-refractivity contribution in [2.45, 2.75) is 56.9 Å². The molecule has 1 saturated heterocycles. The predicted molar refractivity (Wildman–Crippen MR) is 85.4 cm³/mol. The molecule has 30 heavy (non-hydrogen) atoms. The number of carbonyl (C=O) groups is 3. The van der Waals surface area contributed by atoms with Gasteiger partial charge in [0, 0.05) is 25.7 Å². The van der Waals surface area contributed by atoms with Gasteiger partial charge < -0.3 is 18.9 Å². The maximum absolute atomic E-state index is 12.7. The number of halogens is 3. The summed E-state index contributed by atoms with van der Waals surface area (Å²) < 4.78 is 84.4. The molecule has 0 unspecified atom stereocenters. The minimum Gasteiger partial charge on any atom is -0.463 e. The number of alkyl halides is 3. The number of esters is 3. The van der Waals surface area contributed by atoms with Gasteiger partial charge in [-0.05, 0) is 5.53 Å². The first kappa shape index (κ1) is 25.4. The molecule has 1 rings (SSSR count). The monoisotopic (exact) mass is 463 g/mol. The molecule has 0 spiro atoms. The van der Waals surface area contributed by atoms with Gasteiger partial charge in [-0.3, -0.25) is 14.4 Å². The fourth-order valence-electron chi connectivity index (χ4n) is 2.33. The zero-order chi connectivity index (χ0) is 23.3. The molecule has 0 aromatic rings. The van der Waals surface area contributed by atoms with E-state index in [-0.39, 0.29) is 0 Å². The first-order valence-electron chi connectivity index (χ1n) is 7.86. The van der Waals surface area contributed by atoms with Crippen LogP contribution in [-0.4, -0.2) is 69.1 Å². The highest BCUT2D eigenvalue weighted by Gasteiger charge is 2.55. The molecule has 0 bridgehead atoms. The summed E-state index contributed by atoms with van der Waals surface area (Å²) in [6.07, 6.45) is -7.62. The molecular weight excluding hydrogens is 447 g/mol. The lowest BCUT2D eigenvalue weighted by Crippen LogP contribution is -2.61. The van der Waals surface area contributed by atoms with E-state index in [0.29, 0.717) is 0 Å². The Hall–Kier alpha value is -2.62. The number of nitrogens with zero attached hydrogens (tertiary/aromatic N) is 3. The summed E-state index contributed by atoms with van der Waals surface area (Å²) in [7, 11) is -6.26. The van der Waals surface area contributed by atoms with Crippen molar-refractivity contribution in [1.82, 2.24) is 0 Å². The number of hydrogen-bond acceptors (Lipinski definition) is 11. The Labute approximate surface area is 167 Å². The highest BCUT2D eigenvalue weighted by atomic mass is 32.2. The Morgan fingerprint density at radius 1 is 1.07 bits per heavy atom. The van der Waals surface area contributed by atoms with Gasteiger partial charge in [0.25, 0.3) is 0 Å². The van der Waals surface area contributed by atoms with E-state index in [0.717, 1.165) is 20.8 Å². The Kier molecular flexibility index (Phi) is 8.41. The molecule has 0 aliphatic carbocycles. The van der Waals surface area contributed by atoms with Gasteiger partial charge in [0.1, 0.15) is 18.8 Å². The van der Waals surface area contributed by atoms with Gasteiger partial charge >= 0.3 is 33.5 Å². The van der Waals surface area contributed by atoms with E-state index < -0.39 is 70.8 Å². The molecule has 5 atom stereocenters. The van der Waals surface area contributed by atoms with Crippen LogP contribution in [0.3, 0.4) is 0 Å². The largest absolute Gasteiger partial charge is 0.523 e. The lowest BCUT2D eigenvalue weighted by molar-refractivity contribution is -0.254. The second kappa shape index (κ2) is 9.92. The van der Waals surface area contributed by atoms with Gasteiger partial charge in [-0.1, -0.05) is 5.11 Å². The van der Waals surface area contributed by atoms with Gasteiger partial charge in [-0.25, -0.2) is 4.18 Å². The molecule has 13 nitrogen and oxygen atoms in total. The average molecular weight is 463 g/mol. The van der Waals surface area contributed by atoms with E-state index >= 15 is 0 Å². The van der Waals surface area contributed by atoms with E-state index in [1.807, 2.05) is 0 Å². The van der Waals surface area contributed by atoms with Crippen LogP contribution in [0.5, 0.6) is 0 Å². The van der Waals surface area contributed by atoms with Crippen molar-refractivity contribution < 1.29 is 59.1 Å². The highest BCUT2D eigenvalue weighted by molar-refractivity contribution is 7.87. The fraction of sp³-hybridized carbons (Fsp3) is 0.769. The smallest absolute Gasteiger partial charge is 0.463 e. The van der Waals surface area contributed by atoms with Gasteiger partial charge in [-0.2, -0.15) is 21.6 Å². The van der Waals surface area contributed by atoms with Crippen LogP contribution < -0.4 is 0 Å². The second-order valence-corrected chi connectivity index (χ2v) is 7.25. The van der Waals surface area contributed by atoms with E-state index in [9.17, 15) is 36.0 Å². The molecule has 0 aromatic heterocycles. The Morgan fingerprint density at radius 2 is 1.60 bits per heavy atom. The Balaban J connectivity index is 3.45. The summed E-state index contributed by atoms with van der Waals surface area (Å²) in [5.41, 5.74) is 2.85. The molecule has 170 valence electrons. The lowest BCUT2D eigenvalue weighted by Gasteiger charge is -2.42. The molecule has 0 radical (unpaired) electrons. The Bertz CT molecular complexity index is 827. The molecule has 1 fully saturated rings. The van der Waals surface area contributed by atoms with Crippen LogP contribution in [0.25, 0.3) is 10.4 Å². The van der Waals surface area contributed by atoms with Gasteiger partial charge in [0.2, 0.25) is 0 Å². The van der Waals surface area contributed by atoms with Crippen LogP contribution in [-0.2, 0) is 47.6 Å². The van der Waals surface area contributed by atoms with Crippen molar-refractivity contribution in [2.24, 2.45) is 5.11 Å². The molecule has 0 saturated carbocycles. The van der Waals surface area contributed by atoms with Crippen molar-refractivity contribution in [3.8, 4) is 0 Å². The third kappa shape index (κ3) is 6.72. The van der Waals surface area contributed by atoms with Crippen LogP contribution in [0.2, 0.25) is 0 Å². The maximum atomic E-state index is 12.7. The minimum absolute atomic E-state index is 0.764. The quantitative estimate of drug-likeness (QED) is 0.0990. The highest BCUT2D eigenvalue weighted by Crippen LogP contribution is 2.33. The van der Waals surface area contributed by atoms with Crippen LogP contribution in [0.1, 0.15) is 20.8 Å². The Morgan fingerprint density at radius 3 is 2.03 bits per heavy atom. The third-order valence-electron chi connectivity index (χ3n) is 3.36. The average Bonchev–Trinajstić information content (AvgIpc) is 2.56. The van der Waals surface area contributed by atoms with E-state index in [1.165, 1.54) is 0 Å². The van der Waals surface area contributed by atoms with Crippen LogP contribution in [0.4, 0.5) is 13.2 Å². The molecule has 0 aromatic carbocycles. The van der Waals surface area contributed by atoms with Crippen LogP contribution in [0, 0.1) is 0 Å². The predicted octanol–water partition coefficient (Wildman–Crippen LogP) is 0.683. The molecule has 0 amide bonds. The normalized spacial score (nSPS) is 26.8. The summed E-state index contributed by atoms with van der Waals surface area (Å²) in [6.45, 7) is 2.00. The number of rotatable bonds is 7. The first-order valence-corrected chi connectivity index (χ1v) is 9.27. The summed E-state index contributed by atoms with van der Waals surface area (Å²) in [5.74, 6) is -2.90. The molecule has 1 aliphatic heterocycles. The first-order chi connectivity index (χ1) is 13.7. The van der Waals surface area contributed by atoms with Gasteiger partial charge in [0.05, 0.1) is 0 Å². The molecular formula is C13H16F3N3O10S. The van der Waals surface area contributed by atoms with Crippen molar-refractivity contribution in [1.29, 1.82) is 0 Å². The number of carbonyl (C=O) groups excluding carboxylic acids is 3. The summed E-state index contributed by atoms with van der Waals surface area (Å²) in [4.78, 5) is 36.3. The summed E-state index contributed by atoms with van der Waals surface area (Å²) >= 11 is 0. The van der Waals surface area contributed by atoms with Crippen LogP contribution in [0.15, 0.2) is 5.11 Å². The van der Waals surface area contributed by atoms with Crippen molar-refractivity contribution in [3.63, 3.8) is 0 Å². The fourth-order valence-corrected chi connectivity index (χ4v) is 2.84. The van der Waals surface area contributed by atoms with Crippen molar-refractivity contribution in [3.05, 3.63) is 10.4 Å². The zero-order valence-electron chi connectivity index (χ0n) is 15.6. The zero-order valence-corrected chi connectivity index (χ0v) is 16.4. The van der Waals surface area contributed by atoms with Crippen molar-refractivity contribution in [2.75, 3.05) is 6.61 Å². The van der Waals surface area contributed by atoms with Gasteiger partial charge in [-0.15, -0.1) is 0 Å². The lowest BCUT2D eigenvalue weighted by atomic mass is 9.97. The number of hydrogen-bond donors (Lipinski definition) is 0. The van der Waals surface area contributed by atoms with E-state index in [2.05, 4.69) is 18.9 Å². The molecule has 1 heterocycles. The van der Waals surface area contributed by atoms with E-state index in [1.54, 1.807) is 0 Å². The summed E-state index contributed by atoms with van der Waals surface area (Å²) in [6, 6.07) is -2.03. The topological polar surface area (TPSA) is 180 Å². The summed E-state index contributed by atoms with van der Waals surface area (Å²) in [5, 5.41) is 3.08. The SMILES string of the molecule is CC(=O)OC[C@H]1O[C@H](OS(=O)(=O)C(F)(F)F)[C@H](N=[N+]=[N-])[C@@H](OC(C)=O)[C@@H]1OC(C)=O. The van der Waals surface area contributed by atoms with E-state index in [4.69, 9.17) is 19.7 Å². The molecule has 0 N–H and O–H groups in total. The minimum atomic E-state index is -6.26. The molecule has 1 aliphatic rings. The van der Waals surface area contributed by atoms with Crippen molar-refractivity contribution >= 4 is 28.0 Å². The maximum Gasteiger partial charge on any atom is 0.523 e. The number of ether oxygens (including phenoxy) is 4. The third-order valence-corrected chi connectivity index (χ3v) is 4.37.